The van der Waals surface area contributed by atoms with E-state index in [9.17, 15) is 18.0 Å². The lowest BCUT2D eigenvalue weighted by Crippen LogP contribution is -2.44. The van der Waals surface area contributed by atoms with Gasteiger partial charge in [-0.3, -0.25) is 9.36 Å². The minimum Gasteiger partial charge on any atom is -0.302 e. The van der Waals surface area contributed by atoms with Crippen LogP contribution >= 0.6 is 0 Å². The van der Waals surface area contributed by atoms with Crippen LogP contribution in [0.3, 0.4) is 0 Å². The van der Waals surface area contributed by atoms with Crippen LogP contribution < -0.4 is 16.0 Å². The summed E-state index contributed by atoms with van der Waals surface area (Å²) in [6, 6.07) is 1.57. The van der Waals surface area contributed by atoms with Crippen LogP contribution in [0.4, 0.5) is 0 Å². The van der Waals surface area contributed by atoms with Gasteiger partial charge in [0.05, 0.1) is 12.0 Å². The first-order valence-electron chi connectivity index (χ1n) is 6.46. The van der Waals surface area contributed by atoms with Crippen molar-refractivity contribution in [3.63, 3.8) is 0 Å². The van der Waals surface area contributed by atoms with Crippen LogP contribution in [0.15, 0.2) is 20.7 Å². The van der Waals surface area contributed by atoms with Gasteiger partial charge in [0, 0.05) is 26.3 Å². The molecule has 0 amide bonds. The van der Waals surface area contributed by atoms with Gasteiger partial charge in [-0.15, -0.1) is 0 Å². The Kier molecular flexibility index (Phi) is 4.02. The van der Waals surface area contributed by atoms with Gasteiger partial charge in [0.25, 0.3) is 5.56 Å². The van der Waals surface area contributed by atoms with E-state index in [0.717, 1.165) is 21.8 Å². The molecule has 0 aromatic carbocycles. The second kappa shape index (κ2) is 5.46. The van der Waals surface area contributed by atoms with Crippen LogP contribution in [-0.2, 0) is 24.1 Å². The van der Waals surface area contributed by atoms with E-state index in [2.05, 4.69) is 10.8 Å². The molecule has 0 saturated heterocycles. The Morgan fingerprint density at radius 2 is 2.00 bits per heavy atom. The molecule has 1 aromatic heterocycles. The van der Waals surface area contributed by atoms with E-state index < -0.39 is 38.1 Å². The SMILES string of the molecule is Cn1cc(S(=O)(=O)NC2CCCC2C#N)c(=O)n(C)c1=O. The normalized spacial score (nSPS) is 22.1. The fraction of sp³-hybridized carbons (Fsp3) is 0.583. The third-order valence-corrected chi connectivity index (χ3v) is 5.16. The van der Waals surface area contributed by atoms with Crippen molar-refractivity contribution in [2.24, 2.45) is 20.0 Å². The van der Waals surface area contributed by atoms with Crippen molar-refractivity contribution >= 4 is 10.0 Å². The van der Waals surface area contributed by atoms with Crippen LogP contribution in [-0.4, -0.2) is 23.6 Å². The zero-order chi connectivity index (χ0) is 15.8. The van der Waals surface area contributed by atoms with Gasteiger partial charge in [0.15, 0.2) is 4.90 Å². The zero-order valence-corrected chi connectivity index (χ0v) is 12.6. The molecule has 0 spiro atoms. The fourth-order valence-corrected chi connectivity index (χ4v) is 3.95. The van der Waals surface area contributed by atoms with Crippen molar-refractivity contribution < 1.29 is 8.42 Å². The summed E-state index contributed by atoms with van der Waals surface area (Å²) in [5, 5.41) is 8.99. The Morgan fingerprint density at radius 1 is 1.33 bits per heavy atom. The monoisotopic (exact) mass is 312 g/mol. The summed E-state index contributed by atoms with van der Waals surface area (Å²) in [4.78, 5) is 23.1. The van der Waals surface area contributed by atoms with Gasteiger partial charge in [0.2, 0.25) is 10.0 Å². The summed E-state index contributed by atoms with van der Waals surface area (Å²) >= 11 is 0. The predicted molar refractivity (Wildman–Crippen MR) is 74.0 cm³/mol. The molecule has 1 aromatic rings. The molecule has 9 heteroatoms. The van der Waals surface area contributed by atoms with E-state index in [1.165, 1.54) is 14.1 Å². The first kappa shape index (κ1) is 15.5. The van der Waals surface area contributed by atoms with Gasteiger partial charge >= 0.3 is 5.69 Å². The molecule has 2 rings (SSSR count). The summed E-state index contributed by atoms with van der Waals surface area (Å²) in [7, 11) is -1.48. The Morgan fingerprint density at radius 3 is 2.62 bits per heavy atom. The van der Waals surface area contributed by atoms with Crippen LogP contribution in [0, 0.1) is 17.2 Å². The average Bonchev–Trinajstić information content (AvgIpc) is 2.86. The van der Waals surface area contributed by atoms with E-state index in [1.54, 1.807) is 0 Å². The van der Waals surface area contributed by atoms with Crippen LogP contribution in [0.5, 0.6) is 0 Å². The number of nitrogens with one attached hydrogen (secondary N) is 1. The Labute approximate surface area is 121 Å². The molecule has 114 valence electrons. The zero-order valence-electron chi connectivity index (χ0n) is 11.7. The van der Waals surface area contributed by atoms with E-state index in [1.807, 2.05) is 0 Å². The standard InChI is InChI=1S/C12H16N4O4S/c1-15-7-10(11(17)16(2)12(15)18)21(19,20)14-9-5-3-4-8(9)6-13/h7-9,14H,3-5H2,1-2H3. The van der Waals surface area contributed by atoms with Crippen molar-refractivity contribution in [2.45, 2.75) is 30.2 Å². The maximum absolute atomic E-state index is 12.3. The third kappa shape index (κ3) is 2.77. The lowest BCUT2D eigenvalue weighted by Gasteiger charge is -2.16. The highest BCUT2D eigenvalue weighted by molar-refractivity contribution is 7.89. The highest BCUT2D eigenvalue weighted by Crippen LogP contribution is 2.25. The van der Waals surface area contributed by atoms with Gasteiger partial charge in [-0.2, -0.15) is 5.26 Å². The van der Waals surface area contributed by atoms with E-state index in [0.29, 0.717) is 12.8 Å². The second-order valence-electron chi connectivity index (χ2n) is 5.15. The smallest absolute Gasteiger partial charge is 0.302 e. The van der Waals surface area contributed by atoms with Gasteiger partial charge in [0.1, 0.15) is 0 Å². The van der Waals surface area contributed by atoms with E-state index in [-0.39, 0.29) is 0 Å². The van der Waals surface area contributed by atoms with Crippen LogP contribution in [0.1, 0.15) is 19.3 Å². The van der Waals surface area contributed by atoms with Gasteiger partial charge in [-0.1, -0.05) is 6.42 Å². The van der Waals surface area contributed by atoms with Crippen molar-refractivity contribution in [3.8, 4) is 6.07 Å². The molecule has 0 bridgehead atoms. The lowest BCUT2D eigenvalue weighted by molar-refractivity contribution is 0.511. The molecule has 2 atom stereocenters. The molecule has 2 unspecified atom stereocenters. The number of hydrogen-bond acceptors (Lipinski definition) is 5. The molecular formula is C12H16N4O4S. The van der Waals surface area contributed by atoms with E-state index in [4.69, 9.17) is 5.26 Å². The van der Waals surface area contributed by atoms with Crippen LogP contribution in [0.25, 0.3) is 0 Å². The molecule has 1 heterocycles. The Hall–Kier alpha value is -1.92. The third-order valence-electron chi connectivity index (χ3n) is 3.69. The second-order valence-corrected chi connectivity index (χ2v) is 6.83. The van der Waals surface area contributed by atoms with E-state index >= 15 is 0 Å². The number of aryl methyl sites for hydroxylation is 1. The number of nitriles is 1. The predicted octanol–water partition coefficient (Wildman–Crippen LogP) is -0.945. The molecule has 1 fully saturated rings. The van der Waals surface area contributed by atoms with Gasteiger partial charge < -0.3 is 4.57 Å². The number of rotatable bonds is 3. The average molecular weight is 312 g/mol. The quantitative estimate of drug-likeness (QED) is 0.773. The first-order valence-corrected chi connectivity index (χ1v) is 7.95. The number of nitrogens with zero attached hydrogens (tertiary/aromatic N) is 3. The summed E-state index contributed by atoms with van der Waals surface area (Å²) in [5.41, 5.74) is -1.48. The molecule has 21 heavy (non-hydrogen) atoms. The summed E-state index contributed by atoms with van der Waals surface area (Å²) < 4.78 is 28.9. The largest absolute Gasteiger partial charge is 0.330 e. The molecule has 1 aliphatic carbocycles. The topological polar surface area (TPSA) is 114 Å². The minimum atomic E-state index is -4.07. The van der Waals surface area contributed by atoms with Crippen molar-refractivity contribution in [1.29, 1.82) is 5.26 Å². The highest BCUT2D eigenvalue weighted by atomic mass is 32.2. The minimum absolute atomic E-state index is 0.392. The molecule has 8 nitrogen and oxygen atoms in total. The highest BCUT2D eigenvalue weighted by Gasteiger charge is 2.32. The molecule has 1 saturated carbocycles. The molecule has 0 radical (unpaired) electrons. The molecule has 1 N–H and O–H groups in total. The summed E-state index contributed by atoms with van der Waals surface area (Å²) in [5.74, 6) is -0.392. The van der Waals surface area contributed by atoms with Gasteiger partial charge in [-0.05, 0) is 12.8 Å². The number of aromatic nitrogens is 2. The lowest BCUT2D eigenvalue weighted by atomic mass is 10.1. The van der Waals surface area contributed by atoms with Crippen molar-refractivity contribution in [1.82, 2.24) is 13.9 Å². The molecule has 0 aliphatic heterocycles. The van der Waals surface area contributed by atoms with Gasteiger partial charge in [-0.25, -0.2) is 17.9 Å². The van der Waals surface area contributed by atoms with Crippen LogP contribution in [0.2, 0.25) is 0 Å². The summed E-state index contributed by atoms with van der Waals surface area (Å²) in [6.45, 7) is 0. The van der Waals surface area contributed by atoms with Crippen molar-refractivity contribution in [3.05, 3.63) is 27.0 Å². The fourth-order valence-electron chi connectivity index (χ4n) is 2.48. The number of hydrogen-bond donors (Lipinski definition) is 1. The Bertz CT molecular complexity index is 815. The number of sulfonamides is 1. The molecule has 1 aliphatic rings. The first-order chi connectivity index (χ1) is 9.77. The van der Waals surface area contributed by atoms with Crippen molar-refractivity contribution in [2.75, 3.05) is 0 Å². The maximum Gasteiger partial charge on any atom is 0.330 e. The summed E-state index contributed by atoms with van der Waals surface area (Å²) in [6.07, 6.45) is 2.96. The Balaban J connectivity index is 2.44. The molecular weight excluding hydrogens is 296 g/mol. The maximum atomic E-state index is 12.3.